The summed E-state index contributed by atoms with van der Waals surface area (Å²) >= 11 is 12.1. The van der Waals surface area contributed by atoms with Gasteiger partial charge in [-0.15, -0.1) is 0 Å². The molecule has 0 atom stereocenters. The normalized spacial score (nSPS) is 9.83. The number of hydrogen-bond acceptors (Lipinski definition) is 4. The maximum absolute atomic E-state index is 10.8. The van der Waals surface area contributed by atoms with Crippen LogP contribution in [0.3, 0.4) is 0 Å². The molecule has 4 N–H and O–H groups in total. The summed E-state index contributed by atoms with van der Waals surface area (Å²) in [6.07, 6.45) is -0.0642. The number of benzene rings is 3. The Kier molecular flexibility index (Phi) is 8.53. The number of hydrogen-bond donors (Lipinski definition) is 4. The third-order valence-corrected chi connectivity index (χ3v) is 4.40. The van der Waals surface area contributed by atoms with Gasteiger partial charge < -0.3 is 20.8 Å². The summed E-state index contributed by atoms with van der Waals surface area (Å²) < 4.78 is 0. The van der Waals surface area contributed by atoms with E-state index in [0.29, 0.717) is 32.7 Å². The molecule has 0 saturated heterocycles. The van der Waals surface area contributed by atoms with Gasteiger partial charge in [-0.1, -0.05) is 47.5 Å². The van der Waals surface area contributed by atoms with Crippen molar-refractivity contribution in [3.63, 3.8) is 0 Å². The largest absolute Gasteiger partial charge is 0.508 e. The van der Waals surface area contributed by atoms with E-state index in [2.05, 4.69) is 10.6 Å². The topological polar surface area (TPSA) is 98.7 Å². The van der Waals surface area contributed by atoms with E-state index in [1.165, 1.54) is 19.1 Å². The third-order valence-electron chi connectivity index (χ3n) is 3.77. The molecule has 0 aliphatic carbocycles. The lowest BCUT2D eigenvalue weighted by Crippen LogP contribution is -2.04. The number of carboxylic acids is 1. The second-order valence-electron chi connectivity index (χ2n) is 6.18. The number of phenols is 1. The lowest BCUT2D eigenvalue weighted by atomic mass is 10.1. The van der Waals surface area contributed by atoms with Crippen LogP contribution in [-0.4, -0.2) is 22.1 Å². The summed E-state index contributed by atoms with van der Waals surface area (Å²) in [6, 6.07) is 18.6. The Hall–Kier alpha value is -3.22. The highest BCUT2D eigenvalue weighted by Gasteiger charge is 2.10. The van der Waals surface area contributed by atoms with Gasteiger partial charge >= 0.3 is 5.97 Å². The maximum atomic E-state index is 10.8. The number of aliphatic carboxylic acids is 1. The molecule has 0 spiro atoms. The number of rotatable bonds is 5. The van der Waals surface area contributed by atoms with Gasteiger partial charge in [0.05, 0.1) is 22.2 Å². The van der Waals surface area contributed by atoms with Gasteiger partial charge in [0, 0.05) is 18.3 Å². The zero-order chi connectivity index (χ0) is 22.1. The summed E-state index contributed by atoms with van der Waals surface area (Å²) in [6.45, 7) is 1.44. The Morgan fingerprint density at radius 2 is 1.50 bits per heavy atom. The first kappa shape index (κ1) is 23.1. The third kappa shape index (κ3) is 7.31. The quantitative estimate of drug-likeness (QED) is 0.376. The van der Waals surface area contributed by atoms with Crippen molar-refractivity contribution in [3.05, 3.63) is 82.3 Å². The van der Waals surface area contributed by atoms with Crippen LogP contribution in [0.2, 0.25) is 10.0 Å². The first-order valence-electron chi connectivity index (χ1n) is 8.83. The number of nitrogens with one attached hydrogen (secondary N) is 2. The average Bonchev–Trinajstić information content (AvgIpc) is 2.68. The molecule has 0 radical (unpaired) electrons. The molecule has 0 heterocycles. The van der Waals surface area contributed by atoms with E-state index >= 15 is 0 Å². The van der Waals surface area contributed by atoms with E-state index in [0.717, 1.165) is 0 Å². The van der Waals surface area contributed by atoms with Crippen molar-refractivity contribution in [1.29, 1.82) is 0 Å². The Labute approximate surface area is 184 Å². The van der Waals surface area contributed by atoms with E-state index in [9.17, 15) is 9.59 Å². The first-order chi connectivity index (χ1) is 14.3. The smallest absolute Gasteiger partial charge is 0.307 e. The summed E-state index contributed by atoms with van der Waals surface area (Å²) in [5, 5.41) is 24.4. The number of aromatic hydroxyl groups is 1. The minimum Gasteiger partial charge on any atom is -0.508 e. The van der Waals surface area contributed by atoms with Crippen LogP contribution in [0, 0.1) is 0 Å². The first-order valence-corrected chi connectivity index (χ1v) is 9.59. The second-order valence-corrected chi connectivity index (χ2v) is 6.99. The molecule has 0 unspecified atom stereocenters. The van der Waals surface area contributed by atoms with Gasteiger partial charge in [0.1, 0.15) is 5.75 Å². The second kappa shape index (κ2) is 11.1. The van der Waals surface area contributed by atoms with Crippen LogP contribution in [0.5, 0.6) is 5.75 Å². The van der Waals surface area contributed by atoms with E-state index in [1.54, 1.807) is 48.5 Å². The van der Waals surface area contributed by atoms with E-state index in [4.69, 9.17) is 33.4 Å². The number of carbonyl (C=O) groups excluding carboxylic acids is 1. The molecule has 0 bridgehead atoms. The summed E-state index contributed by atoms with van der Waals surface area (Å²) in [5.41, 5.74) is 2.62. The predicted octanol–water partition coefficient (Wildman–Crippen LogP) is 5.71. The van der Waals surface area contributed by atoms with Gasteiger partial charge in [0.2, 0.25) is 5.91 Å². The van der Waals surface area contributed by atoms with Crippen LogP contribution in [0.25, 0.3) is 0 Å². The molecule has 0 fully saturated rings. The van der Waals surface area contributed by atoms with Crippen LogP contribution in [-0.2, 0) is 16.0 Å². The van der Waals surface area contributed by atoms with Crippen molar-refractivity contribution in [2.24, 2.45) is 0 Å². The molecule has 3 rings (SSSR count). The van der Waals surface area contributed by atoms with Crippen molar-refractivity contribution in [2.45, 2.75) is 13.3 Å². The fourth-order valence-corrected chi connectivity index (χ4v) is 2.95. The van der Waals surface area contributed by atoms with Gasteiger partial charge in [-0.3, -0.25) is 9.59 Å². The molecular formula is C22H20Cl2N2O4. The molecule has 3 aromatic carbocycles. The Morgan fingerprint density at radius 3 is 2.07 bits per heavy atom. The molecule has 0 saturated carbocycles. The number of anilines is 3. The highest BCUT2D eigenvalue weighted by molar-refractivity contribution is 6.39. The van der Waals surface area contributed by atoms with Gasteiger partial charge in [-0.05, 0) is 48.0 Å². The Bertz CT molecular complexity index is 1000. The molecule has 0 aromatic heterocycles. The van der Waals surface area contributed by atoms with Crippen molar-refractivity contribution in [3.8, 4) is 5.75 Å². The van der Waals surface area contributed by atoms with E-state index < -0.39 is 5.97 Å². The van der Waals surface area contributed by atoms with Gasteiger partial charge in [0.25, 0.3) is 0 Å². The molecular weight excluding hydrogens is 427 g/mol. The zero-order valence-electron chi connectivity index (χ0n) is 16.0. The SMILES string of the molecule is CC(=O)Nc1ccc(O)cc1.O=C(O)Cc1ccccc1Nc1c(Cl)cccc1Cl. The molecule has 0 aliphatic rings. The Morgan fingerprint density at radius 1 is 0.900 bits per heavy atom. The number of carbonyl (C=O) groups is 2. The van der Waals surface area contributed by atoms with Crippen LogP contribution in [0.4, 0.5) is 17.1 Å². The molecule has 156 valence electrons. The summed E-state index contributed by atoms with van der Waals surface area (Å²) in [5.74, 6) is -0.811. The molecule has 30 heavy (non-hydrogen) atoms. The Balaban J connectivity index is 0.000000248. The van der Waals surface area contributed by atoms with Crippen molar-refractivity contribution >= 4 is 52.1 Å². The van der Waals surface area contributed by atoms with Gasteiger partial charge in [-0.2, -0.15) is 0 Å². The summed E-state index contributed by atoms with van der Waals surface area (Å²) in [4.78, 5) is 21.4. The number of para-hydroxylation sites is 2. The predicted molar refractivity (Wildman–Crippen MR) is 120 cm³/mol. The molecule has 8 heteroatoms. The maximum Gasteiger partial charge on any atom is 0.307 e. The number of carboxylic acid groups (broad SMARTS) is 1. The fourth-order valence-electron chi connectivity index (χ4n) is 2.46. The van der Waals surface area contributed by atoms with Crippen LogP contribution < -0.4 is 10.6 Å². The number of amides is 1. The lowest BCUT2D eigenvalue weighted by molar-refractivity contribution is -0.136. The lowest BCUT2D eigenvalue weighted by Gasteiger charge is -2.13. The molecule has 0 aliphatic heterocycles. The van der Waals surface area contributed by atoms with E-state index in [1.807, 2.05) is 6.07 Å². The standard InChI is InChI=1S/C14H11Cl2NO2.C8H9NO2/c15-10-5-3-6-11(16)14(10)17-12-7-2-1-4-9(12)8-13(18)19;1-6(10)9-7-2-4-8(11)5-3-7/h1-7,17H,8H2,(H,18,19);2-5,11H,1H3,(H,9,10). The van der Waals surface area contributed by atoms with Crippen LogP contribution >= 0.6 is 23.2 Å². The minimum atomic E-state index is -0.889. The van der Waals surface area contributed by atoms with Crippen molar-refractivity contribution in [1.82, 2.24) is 0 Å². The fraction of sp³-hybridized carbons (Fsp3) is 0.0909. The van der Waals surface area contributed by atoms with Gasteiger partial charge in [0.15, 0.2) is 0 Å². The highest BCUT2D eigenvalue weighted by Crippen LogP contribution is 2.33. The van der Waals surface area contributed by atoms with Crippen LogP contribution in [0.1, 0.15) is 12.5 Å². The average molecular weight is 447 g/mol. The van der Waals surface area contributed by atoms with E-state index in [-0.39, 0.29) is 18.1 Å². The number of phenolic OH excluding ortho intramolecular Hbond substituents is 1. The zero-order valence-corrected chi connectivity index (χ0v) is 17.5. The van der Waals surface area contributed by atoms with Gasteiger partial charge in [-0.25, -0.2) is 0 Å². The monoisotopic (exact) mass is 446 g/mol. The van der Waals surface area contributed by atoms with Crippen molar-refractivity contribution in [2.75, 3.05) is 10.6 Å². The molecule has 1 amide bonds. The summed E-state index contributed by atoms with van der Waals surface area (Å²) in [7, 11) is 0. The van der Waals surface area contributed by atoms with Crippen LogP contribution in [0.15, 0.2) is 66.7 Å². The minimum absolute atomic E-state index is 0.0642. The number of halogens is 2. The highest BCUT2D eigenvalue weighted by atomic mass is 35.5. The van der Waals surface area contributed by atoms with Crippen molar-refractivity contribution < 1.29 is 19.8 Å². The molecule has 6 nitrogen and oxygen atoms in total. The molecule has 3 aromatic rings.